The minimum absolute atomic E-state index is 0.0210. The zero-order valence-corrected chi connectivity index (χ0v) is 13.8. The van der Waals surface area contributed by atoms with Gasteiger partial charge in [-0.1, -0.05) is 26.0 Å². The molecular weight excluding hydrogens is 252 g/mol. The molecule has 0 radical (unpaired) electrons. The van der Waals surface area contributed by atoms with E-state index in [9.17, 15) is 0 Å². The predicted octanol–water partition coefficient (Wildman–Crippen LogP) is 5.32. The summed E-state index contributed by atoms with van der Waals surface area (Å²) in [4.78, 5) is 1.38. The van der Waals surface area contributed by atoms with E-state index in [0.29, 0.717) is 5.25 Å². The maximum absolute atomic E-state index is 5.46. The second-order valence-corrected chi connectivity index (χ2v) is 7.29. The summed E-state index contributed by atoms with van der Waals surface area (Å²) in [5.41, 5.74) is 1.44. The zero-order chi connectivity index (χ0) is 14.3. The molecule has 0 spiro atoms. The monoisotopic (exact) mass is 280 g/mol. The van der Waals surface area contributed by atoms with Crippen LogP contribution in [0.25, 0.3) is 0 Å². The summed E-state index contributed by atoms with van der Waals surface area (Å²) < 4.78 is 5.46. The van der Waals surface area contributed by atoms with Crippen molar-refractivity contribution in [1.29, 1.82) is 0 Å². The smallest absolute Gasteiger partial charge is 0.0622 e. The van der Waals surface area contributed by atoms with Crippen LogP contribution in [0.15, 0.2) is 29.2 Å². The molecule has 0 saturated heterocycles. The molecule has 19 heavy (non-hydrogen) atoms. The number of ether oxygens (including phenoxy) is 1. The summed E-state index contributed by atoms with van der Waals surface area (Å²) in [5, 5.41) is 0.667. The molecule has 0 aromatic heterocycles. The number of aryl methyl sites for hydroxylation is 1. The van der Waals surface area contributed by atoms with Crippen LogP contribution in [0.4, 0.5) is 0 Å². The first-order valence-corrected chi connectivity index (χ1v) is 8.15. The van der Waals surface area contributed by atoms with Crippen molar-refractivity contribution in [2.45, 2.75) is 69.1 Å². The number of benzene rings is 1. The van der Waals surface area contributed by atoms with Gasteiger partial charge < -0.3 is 4.74 Å². The SMILES string of the molecule is CCc1ccc(SC(C)CCCC(C)(C)OC)cc1. The van der Waals surface area contributed by atoms with E-state index in [-0.39, 0.29) is 5.60 Å². The molecule has 1 aromatic rings. The van der Waals surface area contributed by atoms with Crippen molar-refractivity contribution in [2.24, 2.45) is 0 Å². The molecule has 0 fully saturated rings. The first-order valence-electron chi connectivity index (χ1n) is 7.27. The lowest BCUT2D eigenvalue weighted by Crippen LogP contribution is -2.22. The van der Waals surface area contributed by atoms with E-state index in [1.165, 1.54) is 23.3 Å². The van der Waals surface area contributed by atoms with Gasteiger partial charge in [0.15, 0.2) is 0 Å². The fourth-order valence-electron chi connectivity index (χ4n) is 2.01. The summed E-state index contributed by atoms with van der Waals surface area (Å²) >= 11 is 1.98. The summed E-state index contributed by atoms with van der Waals surface area (Å²) in [7, 11) is 1.80. The standard InChI is InChI=1S/C17H28OS/c1-6-15-9-11-16(12-10-15)19-14(2)8-7-13-17(3,4)18-5/h9-12,14H,6-8,13H2,1-5H3. The topological polar surface area (TPSA) is 9.23 Å². The molecule has 0 bridgehead atoms. The number of hydrogen-bond donors (Lipinski definition) is 0. The van der Waals surface area contributed by atoms with Crippen molar-refractivity contribution >= 4 is 11.8 Å². The Hall–Kier alpha value is -0.470. The lowest BCUT2D eigenvalue weighted by atomic mass is 10.0. The van der Waals surface area contributed by atoms with Crippen molar-refractivity contribution in [1.82, 2.24) is 0 Å². The van der Waals surface area contributed by atoms with E-state index < -0.39 is 0 Å². The second kappa shape index (κ2) is 7.96. The maximum Gasteiger partial charge on any atom is 0.0622 e. The predicted molar refractivity (Wildman–Crippen MR) is 86.1 cm³/mol. The van der Waals surface area contributed by atoms with Crippen molar-refractivity contribution in [3.8, 4) is 0 Å². The van der Waals surface area contributed by atoms with Gasteiger partial charge in [0.05, 0.1) is 5.60 Å². The Kier molecular flexibility index (Phi) is 6.95. The van der Waals surface area contributed by atoms with Crippen LogP contribution in [0.3, 0.4) is 0 Å². The van der Waals surface area contributed by atoms with E-state index in [1.807, 2.05) is 11.8 Å². The van der Waals surface area contributed by atoms with E-state index in [0.717, 1.165) is 12.8 Å². The molecule has 108 valence electrons. The lowest BCUT2D eigenvalue weighted by Gasteiger charge is -2.23. The van der Waals surface area contributed by atoms with Gasteiger partial charge in [-0.15, -0.1) is 11.8 Å². The van der Waals surface area contributed by atoms with Gasteiger partial charge in [0.2, 0.25) is 0 Å². The third-order valence-corrected chi connectivity index (χ3v) is 4.79. The molecule has 0 heterocycles. The average molecular weight is 280 g/mol. The van der Waals surface area contributed by atoms with Gasteiger partial charge in [0.1, 0.15) is 0 Å². The normalized spacial score (nSPS) is 13.5. The molecule has 0 aliphatic heterocycles. The summed E-state index contributed by atoms with van der Waals surface area (Å²) in [6.45, 7) is 8.84. The third kappa shape index (κ3) is 6.49. The first kappa shape index (κ1) is 16.6. The van der Waals surface area contributed by atoms with Gasteiger partial charge in [-0.2, -0.15) is 0 Å². The van der Waals surface area contributed by atoms with Gasteiger partial charge in [0.25, 0.3) is 0 Å². The maximum atomic E-state index is 5.46. The number of rotatable bonds is 8. The highest BCUT2D eigenvalue weighted by Crippen LogP contribution is 2.28. The zero-order valence-electron chi connectivity index (χ0n) is 13.0. The summed E-state index contributed by atoms with van der Waals surface area (Å²) in [6, 6.07) is 8.98. The Bertz CT molecular complexity index is 356. The van der Waals surface area contributed by atoms with Crippen LogP contribution in [0, 0.1) is 0 Å². The van der Waals surface area contributed by atoms with Crippen LogP contribution in [-0.4, -0.2) is 18.0 Å². The van der Waals surface area contributed by atoms with Gasteiger partial charge in [0, 0.05) is 17.3 Å². The van der Waals surface area contributed by atoms with Crippen molar-refractivity contribution in [3.05, 3.63) is 29.8 Å². The van der Waals surface area contributed by atoms with E-state index >= 15 is 0 Å². The minimum Gasteiger partial charge on any atom is -0.379 e. The molecule has 2 heteroatoms. The first-order chi connectivity index (χ1) is 8.96. The highest BCUT2D eigenvalue weighted by Gasteiger charge is 2.16. The van der Waals surface area contributed by atoms with Crippen molar-refractivity contribution < 1.29 is 4.74 Å². The summed E-state index contributed by atoms with van der Waals surface area (Å²) in [5.74, 6) is 0. The van der Waals surface area contributed by atoms with Crippen LogP contribution in [0.1, 0.15) is 52.5 Å². The Morgan fingerprint density at radius 2 is 1.84 bits per heavy atom. The van der Waals surface area contributed by atoms with E-state index in [1.54, 1.807) is 7.11 Å². The second-order valence-electron chi connectivity index (χ2n) is 5.78. The third-order valence-electron chi connectivity index (χ3n) is 3.61. The van der Waals surface area contributed by atoms with Gasteiger partial charge >= 0.3 is 0 Å². The van der Waals surface area contributed by atoms with Crippen molar-refractivity contribution in [3.63, 3.8) is 0 Å². The Labute approximate surface area is 123 Å². The molecular formula is C17H28OS. The molecule has 1 unspecified atom stereocenters. The number of thioether (sulfide) groups is 1. The van der Waals surface area contributed by atoms with Crippen LogP contribution in [0.5, 0.6) is 0 Å². The molecule has 1 atom stereocenters. The molecule has 0 amide bonds. The summed E-state index contributed by atoms with van der Waals surface area (Å²) in [6.07, 6.45) is 4.71. The molecule has 0 aliphatic carbocycles. The molecule has 0 saturated carbocycles. The highest BCUT2D eigenvalue weighted by molar-refractivity contribution is 7.99. The largest absolute Gasteiger partial charge is 0.379 e. The van der Waals surface area contributed by atoms with Gasteiger partial charge in [-0.3, -0.25) is 0 Å². The molecule has 1 aromatic carbocycles. The minimum atomic E-state index is 0.0210. The van der Waals surface area contributed by atoms with E-state index in [2.05, 4.69) is 52.0 Å². The van der Waals surface area contributed by atoms with Gasteiger partial charge in [-0.05, 0) is 57.2 Å². The van der Waals surface area contributed by atoms with Crippen molar-refractivity contribution in [2.75, 3.05) is 7.11 Å². The Morgan fingerprint density at radius 3 is 2.37 bits per heavy atom. The Morgan fingerprint density at radius 1 is 1.21 bits per heavy atom. The Balaban J connectivity index is 2.32. The highest BCUT2D eigenvalue weighted by atomic mass is 32.2. The van der Waals surface area contributed by atoms with E-state index in [4.69, 9.17) is 4.74 Å². The fourth-order valence-corrected chi connectivity index (χ4v) is 3.05. The fraction of sp³-hybridized carbons (Fsp3) is 0.647. The lowest BCUT2D eigenvalue weighted by molar-refractivity contribution is 0.0136. The number of methoxy groups -OCH3 is 1. The van der Waals surface area contributed by atoms with Crippen LogP contribution in [-0.2, 0) is 11.2 Å². The van der Waals surface area contributed by atoms with Crippen LogP contribution < -0.4 is 0 Å². The molecule has 1 rings (SSSR count). The molecule has 0 aliphatic rings. The van der Waals surface area contributed by atoms with Crippen LogP contribution >= 0.6 is 11.8 Å². The number of hydrogen-bond acceptors (Lipinski definition) is 2. The quantitative estimate of drug-likeness (QED) is 0.596. The molecule has 1 nitrogen and oxygen atoms in total. The van der Waals surface area contributed by atoms with Crippen LogP contribution in [0.2, 0.25) is 0 Å². The van der Waals surface area contributed by atoms with Gasteiger partial charge in [-0.25, -0.2) is 0 Å². The average Bonchev–Trinajstić information content (AvgIpc) is 2.39. The molecule has 0 N–H and O–H groups in total.